The Morgan fingerprint density at radius 2 is 1.55 bits per heavy atom. The highest BCUT2D eigenvalue weighted by Gasteiger charge is 2.16. The molecule has 0 aliphatic rings. The van der Waals surface area contributed by atoms with Gasteiger partial charge in [-0.25, -0.2) is 0 Å². The van der Waals surface area contributed by atoms with Crippen molar-refractivity contribution in [2.45, 2.75) is 56.9 Å². The molecule has 0 saturated carbocycles. The van der Waals surface area contributed by atoms with E-state index in [2.05, 4.69) is 29.8 Å². The van der Waals surface area contributed by atoms with Crippen molar-refractivity contribution in [2.24, 2.45) is 0 Å². The van der Waals surface area contributed by atoms with Gasteiger partial charge in [0.15, 0.2) is 0 Å². The number of alkyl halides is 1. The van der Waals surface area contributed by atoms with Gasteiger partial charge in [0.05, 0.1) is 5.60 Å². The van der Waals surface area contributed by atoms with Crippen LogP contribution in [-0.2, 0) is 0 Å². The quantitative estimate of drug-likeness (QED) is 0.726. The molecule has 68 valence electrons. The number of hydrogen-bond donors (Lipinski definition) is 1. The highest BCUT2D eigenvalue weighted by molar-refractivity contribution is 9.10. The highest BCUT2D eigenvalue weighted by Crippen LogP contribution is 2.25. The SMILES string of the molecule is CC(C)(O)CCCC(C)(C)Br. The average Bonchev–Trinajstić information content (AvgIpc) is 1.55. The summed E-state index contributed by atoms with van der Waals surface area (Å²) in [6, 6.07) is 0. The molecule has 1 nitrogen and oxygen atoms in total. The van der Waals surface area contributed by atoms with Crippen LogP contribution in [0.5, 0.6) is 0 Å². The van der Waals surface area contributed by atoms with Crippen LogP contribution >= 0.6 is 15.9 Å². The Kier molecular flexibility index (Phi) is 4.06. The zero-order valence-corrected chi connectivity index (χ0v) is 9.53. The third-order valence-electron chi connectivity index (χ3n) is 1.56. The van der Waals surface area contributed by atoms with Crippen molar-refractivity contribution < 1.29 is 5.11 Å². The van der Waals surface area contributed by atoms with Gasteiger partial charge in [0.25, 0.3) is 0 Å². The van der Waals surface area contributed by atoms with Crippen molar-refractivity contribution in [3.8, 4) is 0 Å². The number of aliphatic hydroxyl groups is 1. The average molecular weight is 223 g/mol. The van der Waals surface area contributed by atoms with E-state index in [1.807, 2.05) is 13.8 Å². The molecule has 0 aromatic heterocycles. The van der Waals surface area contributed by atoms with Gasteiger partial charge in [0.2, 0.25) is 0 Å². The summed E-state index contributed by atoms with van der Waals surface area (Å²) in [4.78, 5) is 0. The van der Waals surface area contributed by atoms with Gasteiger partial charge in [-0.3, -0.25) is 0 Å². The van der Waals surface area contributed by atoms with E-state index in [1.54, 1.807) is 0 Å². The minimum absolute atomic E-state index is 0.220. The van der Waals surface area contributed by atoms with E-state index in [-0.39, 0.29) is 4.32 Å². The Balaban J connectivity index is 3.44. The van der Waals surface area contributed by atoms with Gasteiger partial charge in [0.1, 0.15) is 0 Å². The lowest BCUT2D eigenvalue weighted by Gasteiger charge is -2.20. The van der Waals surface area contributed by atoms with Crippen LogP contribution in [0.3, 0.4) is 0 Å². The first kappa shape index (κ1) is 11.4. The maximum absolute atomic E-state index is 9.40. The third-order valence-corrected chi connectivity index (χ3v) is 1.96. The molecule has 0 radical (unpaired) electrons. The summed E-state index contributed by atoms with van der Waals surface area (Å²) in [6.07, 6.45) is 3.06. The van der Waals surface area contributed by atoms with Crippen LogP contribution in [0.1, 0.15) is 47.0 Å². The molecule has 0 spiro atoms. The summed E-state index contributed by atoms with van der Waals surface area (Å²) in [6.45, 7) is 8.01. The third kappa shape index (κ3) is 10.4. The van der Waals surface area contributed by atoms with E-state index < -0.39 is 5.60 Å². The molecule has 0 bridgehead atoms. The number of rotatable bonds is 4. The predicted octanol–water partition coefficient (Wildman–Crippen LogP) is 3.10. The minimum atomic E-state index is -0.502. The number of hydrogen-bond acceptors (Lipinski definition) is 1. The molecule has 0 fully saturated rings. The van der Waals surface area contributed by atoms with Crippen LogP contribution in [0.25, 0.3) is 0 Å². The van der Waals surface area contributed by atoms with Gasteiger partial charge in [-0.2, -0.15) is 0 Å². The van der Waals surface area contributed by atoms with E-state index >= 15 is 0 Å². The lowest BCUT2D eigenvalue weighted by molar-refractivity contribution is 0.0677. The fraction of sp³-hybridized carbons (Fsp3) is 1.00. The van der Waals surface area contributed by atoms with Gasteiger partial charge in [0, 0.05) is 4.32 Å². The molecular weight excluding hydrogens is 204 g/mol. The standard InChI is InChI=1S/C9H19BrO/c1-8(2,10)6-5-7-9(3,4)11/h11H,5-7H2,1-4H3. The van der Waals surface area contributed by atoms with Crippen LogP contribution in [0.4, 0.5) is 0 Å². The fourth-order valence-corrected chi connectivity index (χ4v) is 1.22. The molecule has 11 heavy (non-hydrogen) atoms. The molecule has 0 atom stereocenters. The predicted molar refractivity (Wildman–Crippen MR) is 53.2 cm³/mol. The molecule has 1 N–H and O–H groups in total. The minimum Gasteiger partial charge on any atom is -0.390 e. The molecule has 0 saturated heterocycles. The Labute approximate surface area is 78.3 Å². The molecule has 2 heteroatoms. The molecular formula is C9H19BrO. The largest absolute Gasteiger partial charge is 0.390 e. The van der Waals surface area contributed by atoms with Crippen molar-refractivity contribution >= 4 is 15.9 Å². The van der Waals surface area contributed by atoms with Gasteiger partial charge in [-0.1, -0.05) is 29.8 Å². The van der Waals surface area contributed by atoms with E-state index in [4.69, 9.17) is 0 Å². The van der Waals surface area contributed by atoms with Crippen molar-refractivity contribution in [1.29, 1.82) is 0 Å². The van der Waals surface area contributed by atoms with Crippen LogP contribution in [-0.4, -0.2) is 15.0 Å². The van der Waals surface area contributed by atoms with E-state index in [9.17, 15) is 5.11 Å². The topological polar surface area (TPSA) is 20.2 Å². The van der Waals surface area contributed by atoms with Crippen LogP contribution < -0.4 is 0 Å². The Morgan fingerprint density at radius 3 is 1.82 bits per heavy atom. The first-order chi connectivity index (χ1) is 4.71. The number of halogens is 1. The lowest BCUT2D eigenvalue weighted by Crippen LogP contribution is -2.19. The van der Waals surface area contributed by atoms with Gasteiger partial charge < -0.3 is 5.11 Å². The van der Waals surface area contributed by atoms with E-state index in [0.717, 1.165) is 19.3 Å². The maximum Gasteiger partial charge on any atom is 0.0591 e. The zero-order chi connectivity index (χ0) is 9.12. The van der Waals surface area contributed by atoms with Gasteiger partial charge in [-0.05, 0) is 33.1 Å². The molecule has 0 heterocycles. The zero-order valence-electron chi connectivity index (χ0n) is 7.95. The molecule has 0 amide bonds. The second-order valence-electron chi connectivity index (χ2n) is 4.38. The molecule has 0 aromatic rings. The molecule has 0 unspecified atom stereocenters. The van der Waals surface area contributed by atoms with Crippen LogP contribution in [0.2, 0.25) is 0 Å². The maximum atomic E-state index is 9.40. The van der Waals surface area contributed by atoms with Crippen molar-refractivity contribution in [3.63, 3.8) is 0 Å². The monoisotopic (exact) mass is 222 g/mol. The van der Waals surface area contributed by atoms with E-state index in [0.29, 0.717) is 0 Å². The Bertz CT molecular complexity index is 93.7. The Hall–Kier alpha value is 0.440. The van der Waals surface area contributed by atoms with Gasteiger partial charge >= 0.3 is 0 Å². The summed E-state index contributed by atoms with van der Waals surface area (Å²) in [7, 11) is 0. The normalized spacial score (nSPS) is 13.6. The summed E-state index contributed by atoms with van der Waals surface area (Å²) in [5.41, 5.74) is -0.502. The lowest BCUT2D eigenvalue weighted by atomic mass is 9.98. The van der Waals surface area contributed by atoms with Crippen LogP contribution in [0, 0.1) is 0 Å². The first-order valence-corrected chi connectivity index (χ1v) is 4.91. The summed E-state index contributed by atoms with van der Waals surface area (Å²) < 4.78 is 0.220. The molecule has 0 aliphatic heterocycles. The molecule has 0 aromatic carbocycles. The van der Waals surface area contributed by atoms with Crippen molar-refractivity contribution in [1.82, 2.24) is 0 Å². The fourth-order valence-electron chi connectivity index (χ4n) is 0.941. The van der Waals surface area contributed by atoms with E-state index in [1.165, 1.54) is 0 Å². The summed E-state index contributed by atoms with van der Waals surface area (Å²) >= 11 is 3.56. The second-order valence-corrected chi connectivity index (χ2v) is 6.53. The summed E-state index contributed by atoms with van der Waals surface area (Å²) in [5, 5.41) is 9.40. The smallest absolute Gasteiger partial charge is 0.0591 e. The first-order valence-electron chi connectivity index (χ1n) is 4.12. The molecule has 0 rings (SSSR count). The van der Waals surface area contributed by atoms with Gasteiger partial charge in [-0.15, -0.1) is 0 Å². The summed E-state index contributed by atoms with van der Waals surface area (Å²) in [5.74, 6) is 0. The van der Waals surface area contributed by atoms with Crippen molar-refractivity contribution in [2.75, 3.05) is 0 Å². The Morgan fingerprint density at radius 1 is 1.09 bits per heavy atom. The van der Waals surface area contributed by atoms with Crippen molar-refractivity contribution in [3.05, 3.63) is 0 Å². The van der Waals surface area contributed by atoms with Crippen LogP contribution in [0.15, 0.2) is 0 Å². The molecule has 0 aliphatic carbocycles. The highest BCUT2D eigenvalue weighted by atomic mass is 79.9. The second kappa shape index (κ2) is 3.90.